The van der Waals surface area contributed by atoms with Gasteiger partial charge in [-0.2, -0.15) is 0 Å². The van der Waals surface area contributed by atoms with E-state index in [2.05, 4.69) is 39.6 Å². The lowest BCUT2D eigenvalue weighted by atomic mass is 9.89. The number of nitrogens with two attached hydrogens (primary N) is 1. The Labute approximate surface area is 96.2 Å². The SMILES string of the molecule is CC(C)CCCN(C)CCC(C)(C)CN. The monoisotopic (exact) mass is 214 g/mol. The molecular formula is C13H30N2. The average molecular weight is 214 g/mol. The third-order valence-corrected chi connectivity index (χ3v) is 3.04. The fourth-order valence-electron chi connectivity index (χ4n) is 1.48. The third-order valence-electron chi connectivity index (χ3n) is 3.04. The van der Waals surface area contributed by atoms with Crippen LogP contribution >= 0.6 is 0 Å². The van der Waals surface area contributed by atoms with Gasteiger partial charge < -0.3 is 10.6 Å². The fourth-order valence-corrected chi connectivity index (χ4v) is 1.48. The van der Waals surface area contributed by atoms with E-state index in [1.54, 1.807) is 0 Å². The van der Waals surface area contributed by atoms with Gasteiger partial charge in [-0.1, -0.05) is 27.7 Å². The first-order chi connectivity index (χ1) is 6.87. The zero-order chi connectivity index (χ0) is 11.9. The van der Waals surface area contributed by atoms with Gasteiger partial charge in [-0.3, -0.25) is 0 Å². The van der Waals surface area contributed by atoms with Gasteiger partial charge in [0.1, 0.15) is 0 Å². The number of rotatable bonds is 8. The van der Waals surface area contributed by atoms with Crippen LogP contribution in [-0.2, 0) is 0 Å². The molecule has 0 fully saturated rings. The molecule has 0 aliphatic rings. The van der Waals surface area contributed by atoms with Crippen molar-refractivity contribution in [1.82, 2.24) is 4.90 Å². The van der Waals surface area contributed by atoms with Crippen LogP contribution in [-0.4, -0.2) is 31.6 Å². The van der Waals surface area contributed by atoms with Crippen LogP contribution in [0, 0.1) is 11.3 Å². The van der Waals surface area contributed by atoms with Crippen molar-refractivity contribution in [3.63, 3.8) is 0 Å². The molecule has 2 N–H and O–H groups in total. The second-order valence-electron chi connectivity index (χ2n) is 5.96. The third kappa shape index (κ3) is 8.88. The molecule has 0 saturated heterocycles. The number of hydrogen-bond donors (Lipinski definition) is 1. The van der Waals surface area contributed by atoms with E-state index in [0.29, 0.717) is 5.41 Å². The summed E-state index contributed by atoms with van der Waals surface area (Å²) in [6.45, 7) is 12.2. The highest BCUT2D eigenvalue weighted by molar-refractivity contribution is 4.70. The van der Waals surface area contributed by atoms with E-state index in [9.17, 15) is 0 Å². The molecule has 15 heavy (non-hydrogen) atoms. The molecule has 0 spiro atoms. The predicted octanol–water partition coefficient (Wildman–Crippen LogP) is 2.73. The van der Waals surface area contributed by atoms with Crippen molar-refractivity contribution in [3.8, 4) is 0 Å². The first-order valence-corrected chi connectivity index (χ1v) is 6.26. The van der Waals surface area contributed by atoms with Crippen molar-refractivity contribution in [3.05, 3.63) is 0 Å². The second-order valence-corrected chi connectivity index (χ2v) is 5.96. The fraction of sp³-hybridized carbons (Fsp3) is 1.00. The van der Waals surface area contributed by atoms with Crippen LogP contribution in [0.1, 0.15) is 47.0 Å². The van der Waals surface area contributed by atoms with E-state index in [1.165, 1.54) is 32.4 Å². The Morgan fingerprint density at radius 1 is 1.20 bits per heavy atom. The zero-order valence-corrected chi connectivity index (χ0v) is 11.3. The first-order valence-electron chi connectivity index (χ1n) is 6.26. The first kappa shape index (κ1) is 14.9. The minimum atomic E-state index is 0.298. The molecule has 0 saturated carbocycles. The lowest BCUT2D eigenvalue weighted by Gasteiger charge is -2.26. The molecule has 0 aromatic heterocycles. The maximum atomic E-state index is 5.71. The van der Waals surface area contributed by atoms with Crippen LogP contribution in [0.25, 0.3) is 0 Å². The Hall–Kier alpha value is -0.0800. The van der Waals surface area contributed by atoms with E-state index in [0.717, 1.165) is 12.5 Å². The predicted molar refractivity (Wildman–Crippen MR) is 69.0 cm³/mol. The largest absolute Gasteiger partial charge is 0.330 e. The highest BCUT2D eigenvalue weighted by atomic mass is 15.1. The minimum Gasteiger partial charge on any atom is -0.330 e. The van der Waals surface area contributed by atoms with Gasteiger partial charge in [0.15, 0.2) is 0 Å². The summed E-state index contributed by atoms with van der Waals surface area (Å²) in [5.41, 5.74) is 6.01. The summed E-state index contributed by atoms with van der Waals surface area (Å²) in [5, 5.41) is 0. The summed E-state index contributed by atoms with van der Waals surface area (Å²) in [6, 6.07) is 0. The molecule has 0 aromatic rings. The smallest absolute Gasteiger partial charge is 0.00162 e. The van der Waals surface area contributed by atoms with Crippen molar-refractivity contribution >= 4 is 0 Å². The summed E-state index contributed by atoms with van der Waals surface area (Å²) in [4.78, 5) is 2.43. The van der Waals surface area contributed by atoms with E-state index in [-0.39, 0.29) is 0 Å². The van der Waals surface area contributed by atoms with Gasteiger partial charge in [-0.25, -0.2) is 0 Å². The molecule has 0 unspecified atom stereocenters. The summed E-state index contributed by atoms with van der Waals surface area (Å²) in [5.74, 6) is 0.832. The van der Waals surface area contributed by atoms with Crippen LogP contribution in [0.2, 0.25) is 0 Å². The van der Waals surface area contributed by atoms with Crippen LogP contribution in [0.15, 0.2) is 0 Å². The van der Waals surface area contributed by atoms with Crippen LogP contribution in [0.3, 0.4) is 0 Å². The van der Waals surface area contributed by atoms with Gasteiger partial charge in [0.05, 0.1) is 0 Å². The molecule has 0 amide bonds. The van der Waals surface area contributed by atoms with Gasteiger partial charge in [-0.15, -0.1) is 0 Å². The summed E-state index contributed by atoms with van der Waals surface area (Å²) in [6.07, 6.45) is 3.85. The molecule has 2 nitrogen and oxygen atoms in total. The molecule has 0 rings (SSSR count). The van der Waals surface area contributed by atoms with E-state index >= 15 is 0 Å². The summed E-state index contributed by atoms with van der Waals surface area (Å²) < 4.78 is 0. The highest BCUT2D eigenvalue weighted by Gasteiger charge is 2.15. The maximum absolute atomic E-state index is 5.71. The molecule has 0 bridgehead atoms. The quantitative estimate of drug-likeness (QED) is 0.673. The van der Waals surface area contributed by atoms with Crippen molar-refractivity contribution in [2.45, 2.75) is 47.0 Å². The summed E-state index contributed by atoms with van der Waals surface area (Å²) in [7, 11) is 2.22. The molecule has 0 radical (unpaired) electrons. The van der Waals surface area contributed by atoms with Gasteiger partial charge in [0.2, 0.25) is 0 Å². The van der Waals surface area contributed by atoms with Crippen molar-refractivity contribution in [2.24, 2.45) is 17.1 Å². The Morgan fingerprint density at radius 3 is 2.27 bits per heavy atom. The molecule has 0 aromatic carbocycles. The number of nitrogens with zero attached hydrogens (tertiary/aromatic N) is 1. The molecule has 92 valence electrons. The van der Waals surface area contributed by atoms with Gasteiger partial charge >= 0.3 is 0 Å². The van der Waals surface area contributed by atoms with E-state index in [1.807, 2.05) is 0 Å². The van der Waals surface area contributed by atoms with Crippen molar-refractivity contribution in [2.75, 3.05) is 26.7 Å². The Bertz CT molecular complexity index is 153. The highest BCUT2D eigenvalue weighted by Crippen LogP contribution is 2.18. The molecule has 2 heteroatoms. The lowest BCUT2D eigenvalue weighted by Crippen LogP contribution is -2.30. The molecule has 0 aliphatic carbocycles. The van der Waals surface area contributed by atoms with Crippen LogP contribution in [0.4, 0.5) is 0 Å². The molecule has 0 heterocycles. The average Bonchev–Trinajstić information content (AvgIpc) is 2.14. The Balaban J connectivity index is 3.53. The van der Waals surface area contributed by atoms with Crippen molar-refractivity contribution in [1.29, 1.82) is 0 Å². The topological polar surface area (TPSA) is 29.3 Å². The molecule has 0 atom stereocenters. The van der Waals surface area contributed by atoms with E-state index < -0.39 is 0 Å². The lowest BCUT2D eigenvalue weighted by molar-refractivity contribution is 0.248. The van der Waals surface area contributed by atoms with E-state index in [4.69, 9.17) is 5.73 Å². The molecular weight excluding hydrogens is 184 g/mol. The summed E-state index contributed by atoms with van der Waals surface area (Å²) >= 11 is 0. The normalized spacial score (nSPS) is 12.8. The number of hydrogen-bond acceptors (Lipinski definition) is 2. The van der Waals surface area contributed by atoms with Crippen LogP contribution < -0.4 is 5.73 Å². The Kier molecular flexibility index (Phi) is 7.20. The standard InChI is InChI=1S/C13H30N2/c1-12(2)7-6-9-15(5)10-8-13(3,4)11-14/h12H,6-11,14H2,1-5H3. The van der Waals surface area contributed by atoms with Crippen LogP contribution in [0.5, 0.6) is 0 Å². The zero-order valence-electron chi connectivity index (χ0n) is 11.3. The van der Waals surface area contributed by atoms with Crippen molar-refractivity contribution < 1.29 is 0 Å². The molecule has 0 aliphatic heterocycles. The Morgan fingerprint density at radius 2 is 1.80 bits per heavy atom. The maximum Gasteiger partial charge on any atom is -0.00162 e. The van der Waals surface area contributed by atoms with Gasteiger partial charge in [0, 0.05) is 0 Å². The van der Waals surface area contributed by atoms with Gasteiger partial charge in [-0.05, 0) is 57.3 Å². The second kappa shape index (κ2) is 7.24. The van der Waals surface area contributed by atoms with Gasteiger partial charge in [0.25, 0.3) is 0 Å². The minimum absolute atomic E-state index is 0.298.